The van der Waals surface area contributed by atoms with Gasteiger partial charge in [-0.25, -0.2) is 0 Å². The van der Waals surface area contributed by atoms with Gasteiger partial charge in [-0.2, -0.15) is 13.2 Å². The first-order chi connectivity index (χ1) is 8.35. The number of amides is 1. The van der Waals surface area contributed by atoms with Gasteiger partial charge in [0.2, 0.25) is 5.91 Å². The molecule has 5 heteroatoms. The van der Waals surface area contributed by atoms with Crippen molar-refractivity contribution < 1.29 is 18.0 Å². The van der Waals surface area contributed by atoms with E-state index in [9.17, 15) is 18.0 Å². The Morgan fingerprint density at radius 1 is 1.28 bits per heavy atom. The van der Waals surface area contributed by atoms with Gasteiger partial charge in [-0.1, -0.05) is 29.8 Å². The number of hydrogen-bond donors (Lipinski definition) is 1. The molecule has 0 aliphatic heterocycles. The molecule has 18 heavy (non-hydrogen) atoms. The van der Waals surface area contributed by atoms with E-state index in [-0.39, 0.29) is 19.4 Å². The zero-order valence-corrected chi connectivity index (χ0v) is 9.97. The van der Waals surface area contributed by atoms with E-state index in [1.165, 1.54) is 0 Å². The van der Waals surface area contributed by atoms with E-state index in [1.807, 2.05) is 19.1 Å². The zero-order valence-electron chi connectivity index (χ0n) is 9.97. The first-order valence-corrected chi connectivity index (χ1v) is 5.76. The maximum Gasteiger partial charge on any atom is 0.403 e. The maximum atomic E-state index is 12.7. The highest BCUT2D eigenvalue weighted by Crippen LogP contribution is 2.57. The lowest BCUT2D eigenvalue weighted by Gasteiger charge is -2.18. The van der Waals surface area contributed by atoms with Crippen LogP contribution >= 0.6 is 0 Å². The largest absolute Gasteiger partial charge is 0.403 e. The topological polar surface area (TPSA) is 29.1 Å². The molecule has 1 amide bonds. The summed E-state index contributed by atoms with van der Waals surface area (Å²) in [6, 6.07) is 7.31. The second-order valence-electron chi connectivity index (χ2n) is 4.75. The third kappa shape index (κ3) is 2.35. The summed E-state index contributed by atoms with van der Waals surface area (Å²) in [7, 11) is 0. The molecule has 0 atom stereocenters. The van der Waals surface area contributed by atoms with Crippen molar-refractivity contribution in [3.8, 4) is 0 Å². The quantitative estimate of drug-likeness (QED) is 0.886. The van der Waals surface area contributed by atoms with Crippen LogP contribution in [0.5, 0.6) is 0 Å². The molecule has 0 radical (unpaired) electrons. The van der Waals surface area contributed by atoms with Crippen LogP contribution in [0.3, 0.4) is 0 Å². The minimum atomic E-state index is -4.44. The SMILES string of the molecule is Cc1ccc(CNC(=O)C2(C(F)(F)F)CC2)cc1. The predicted molar refractivity (Wildman–Crippen MR) is 60.7 cm³/mol. The van der Waals surface area contributed by atoms with E-state index in [4.69, 9.17) is 0 Å². The minimum Gasteiger partial charge on any atom is -0.351 e. The third-order valence-electron chi connectivity index (χ3n) is 3.30. The second-order valence-corrected chi connectivity index (χ2v) is 4.75. The van der Waals surface area contributed by atoms with Crippen molar-refractivity contribution in [1.82, 2.24) is 5.32 Å². The van der Waals surface area contributed by atoms with Crippen molar-refractivity contribution in [2.45, 2.75) is 32.5 Å². The van der Waals surface area contributed by atoms with Crippen LogP contribution in [0.2, 0.25) is 0 Å². The Hall–Kier alpha value is -1.52. The Labute approximate surface area is 103 Å². The Morgan fingerprint density at radius 2 is 1.83 bits per heavy atom. The molecule has 2 nitrogen and oxygen atoms in total. The van der Waals surface area contributed by atoms with Crippen LogP contribution in [0.1, 0.15) is 24.0 Å². The van der Waals surface area contributed by atoms with Crippen molar-refractivity contribution >= 4 is 5.91 Å². The number of carbonyl (C=O) groups excluding carboxylic acids is 1. The van der Waals surface area contributed by atoms with Crippen molar-refractivity contribution in [1.29, 1.82) is 0 Å². The van der Waals surface area contributed by atoms with Crippen LogP contribution in [0.15, 0.2) is 24.3 Å². The van der Waals surface area contributed by atoms with E-state index >= 15 is 0 Å². The molecule has 0 bridgehead atoms. The van der Waals surface area contributed by atoms with E-state index in [2.05, 4.69) is 5.32 Å². The third-order valence-corrected chi connectivity index (χ3v) is 3.30. The molecule has 1 N–H and O–H groups in total. The summed E-state index contributed by atoms with van der Waals surface area (Å²) in [5, 5.41) is 2.37. The van der Waals surface area contributed by atoms with Gasteiger partial charge in [0.15, 0.2) is 0 Å². The molecule has 98 valence electrons. The molecular formula is C13H14F3NO. The van der Waals surface area contributed by atoms with Crippen molar-refractivity contribution in [2.24, 2.45) is 5.41 Å². The number of alkyl halides is 3. The van der Waals surface area contributed by atoms with Crippen LogP contribution in [0.4, 0.5) is 13.2 Å². The average Bonchev–Trinajstić information content (AvgIpc) is 3.08. The molecule has 0 aromatic heterocycles. The van der Waals surface area contributed by atoms with Gasteiger partial charge in [0.1, 0.15) is 5.41 Å². The number of benzene rings is 1. The summed E-state index contributed by atoms with van der Waals surface area (Å²) < 4.78 is 38.0. The molecule has 1 aliphatic carbocycles. The summed E-state index contributed by atoms with van der Waals surface area (Å²) >= 11 is 0. The molecule has 1 aromatic carbocycles. The van der Waals surface area contributed by atoms with Crippen LogP contribution in [-0.4, -0.2) is 12.1 Å². The fraction of sp³-hybridized carbons (Fsp3) is 0.462. The lowest BCUT2D eigenvalue weighted by atomic mass is 10.1. The van der Waals surface area contributed by atoms with E-state index < -0.39 is 17.5 Å². The van der Waals surface area contributed by atoms with Gasteiger partial charge in [0.05, 0.1) is 0 Å². The summed E-state index contributed by atoms with van der Waals surface area (Å²) in [6.45, 7) is 2.06. The van der Waals surface area contributed by atoms with Crippen LogP contribution < -0.4 is 5.32 Å². The van der Waals surface area contributed by atoms with Gasteiger partial charge in [0.25, 0.3) is 0 Å². The zero-order chi connectivity index (χ0) is 13.4. The summed E-state index contributed by atoms with van der Waals surface area (Å²) in [5.74, 6) is -0.907. The van der Waals surface area contributed by atoms with Crippen LogP contribution in [0.25, 0.3) is 0 Å². The Balaban J connectivity index is 1.95. The predicted octanol–water partition coefficient (Wildman–Crippen LogP) is 2.95. The lowest BCUT2D eigenvalue weighted by molar-refractivity contribution is -0.192. The summed E-state index contributed by atoms with van der Waals surface area (Å²) in [5.41, 5.74) is -0.261. The van der Waals surface area contributed by atoms with Gasteiger partial charge < -0.3 is 5.32 Å². The second kappa shape index (κ2) is 4.30. The monoisotopic (exact) mass is 257 g/mol. The number of rotatable bonds is 3. The molecule has 1 fully saturated rings. The molecule has 1 saturated carbocycles. The van der Waals surface area contributed by atoms with Crippen molar-refractivity contribution in [3.05, 3.63) is 35.4 Å². The number of hydrogen-bond acceptors (Lipinski definition) is 1. The van der Waals surface area contributed by atoms with Crippen LogP contribution in [0, 0.1) is 12.3 Å². The summed E-state index contributed by atoms with van der Waals surface area (Å²) in [4.78, 5) is 11.6. The number of halogens is 3. The number of nitrogens with one attached hydrogen (secondary N) is 1. The Morgan fingerprint density at radius 3 is 2.28 bits per heavy atom. The molecule has 0 spiro atoms. The normalized spacial score (nSPS) is 17.3. The highest BCUT2D eigenvalue weighted by atomic mass is 19.4. The smallest absolute Gasteiger partial charge is 0.351 e. The van der Waals surface area contributed by atoms with E-state index in [1.54, 1.807) is 12.1 Å². The molecule has 0 saturated heterocycles. The average molecular weight is 257 g/mol. The molecule has 0 unspecified atom stereocenters. The van der Waals surface area contributed by atoms with Gasteiger partial charge in [0, 0.05) is 6.54 Å². The van der Waals surface area contributed by atoms with E-state index in [0.717, 1.165) is 11.1 Å². The van der Waals surface area contributed by atoms with Gasteiger partial charge in [-0.3, -0.25) is 4.79 Å². The maximum absolute atomic E-state index is 12.7. The minimum absolute atomic E-state index is 0.101. The van der Waals surface area contributed by atoms with Gasteiger partial charge in [-0.05, 0) is 25.3 Å². The Kier molecular flexibility index (Phi) is 3.09. The fourth-order valence-corrected chi connectivity index (χ4v) is 1.82. The first-order valence-electron chi connectivity index (χ1n) is 5.76. The molecule has 2 rings (SSSR count). The number of carbonyl (C=O) groups is 1. The van der Waals surface area contributed by atoms with Crippen molar-refractivity contribution in [2.75, 3.05) is 0 Å². The Bertz CT molecular complexity index is 446. The first kappa shape index (κ1) is 12.9. The molecule has 0 heterocycles. The molecule has 1 aromatic rings. The van der Waals surface area contributed by atoms with E-state index in [0.29, 0.717) is 0 Å². The highest BCUT2D eigenvalue weighted by Gasteiger charge is 2.68. The molecular weight excluding hydrogens is 243 g/mol. The number of aryl methyl sites for hydroxylation is 1. The standard InChI is InChI=1S/C13H14F3NO/c1-9-2-4-10(5-3-9)8-17-11(18)12(6-7-12)13(14,15)16/h2-5H,6-8H2,1H3,(H,17,18). The lowest BCUT2D eigenvalue weighted by Crippen LogP contribution is -2.40. The summed E-state index contributed by atoms with van der Waals surface area (Å²) in [6.07, 6.45) is -4.64. The molecule has 1 aliphatic rings. The fourth-order valence-electron chi connectivity index (χ4n) is 1.82. The van der Waals surface area contributed by atoms with Crippen LogP contribution in [-0.2, 0) is 11.3 Å². The highest BCUT2D eigenvalue weighted by molar-refractivity contribution is 5.86. The van der Waals surface area contributed by atoms with Gasteiger partial charge in [-0.15, -0.1) is 0 Å². The van der Waals surface area contributed by atoms with Crippen molar-refractivity contribution in [3.63, 3.8) is 0 Å². The van der Waals surface area contributed by atoms with Gasteiger partial charge >= 0.3 is 6.18 Å².